The van der Waals surface area contributed by atoms with Gasteiger partial charge >= 0.3 is 0 Å². The number of rotatable bonds is 2. The molecule has 0 saturated carbocycles. The molecule has 2 heteroatoms. The zero-order valence-corrected chi connectivity index (χ0v) is 8.08. The number of aryl methyl sites for hydroxylation is 1. The van der Waals surface area contributed by atoms with E-state index < -0.39 is 0 Å². The smallest absolute Gasteiger partial charge is 0.131 e. The number of aliphatic hydroxyl groups excluding tert-OH is 1. The van der Waals surface area contributed by atoms with Gasteiger partial charge in [0.2, 0.25) is 0 Å². The highest BCUT2D eigenvalue weighted by molar-refractivity contribution is 5.55. The van der Waals surface area contributed by atoms with Gasteiger partial charge in [-0.25, -0.2) is 0 Å². The van der Waals surface area contributed by atoms with Crippen molar-refractivity contribution in [3.8, 4) is 11.8 Å². The molecule has 14 heavy (non-hydrogen) atoms. The van der Waals surface area contributed by atoms with E-state index in [0.29, 0.717) is 0 Å². The molecule has 0 aliphatic heterocycles. The van der Waals surface area contributed by atoms with Crippen LogP contribution in [0, 0.1) is 18.8 Å². The first-order valence-electron chi connectivity index (χ1n) is 4.41. The van der Waals surface area contributed by atoms with Crippen LogP contribution in [0.3, 0.4) is 0 Å². The lowest BCUT2D eigenvalue weighted by Gasteiger charge is -2.00. The molecule has 1 rings (SSSR count). The number of benzene rings is 1. The number of aldehydes is 1. The highest BCUT2D eigenvalue weighted by atomic mass is 16.3. The predicted molar refractivity (Wildman–Crippen MR) is 54.7 cm³/mol. The van der Waals surface area contributed by atoms with Gasteiger partial charge < -0.3 is 9.90 Å². The van der Waals surface area contributed by atoms with Gasteiger partial charge in [0.05, 0.1) is 13.0 Å². The summed E-state index contributed by atoms with van der Waals surface area (Å²) >= 11 is 0. The third-order valence-corrected chi connectivity index (χ3v) is 1.89. The van der Waals surface area contributed by atoms with Gasteiger partial charge in [-0.05, 0) is 24.1 Å². The van der Waals surface area contributed by atoms with Gasteiger partial charge in [0.25, 0.3) is 0 Å². The zero-order valence-electron chi connectivity index (χ0n) is 8.08. The molecule has 0 bridgehead atoms. The summed E-state index contributed by atoms with van der Waals surface area (Å²) < 4.78 is 0. The maximum absolute atomic E-state index is 10.1. The molecule has 0 unspecified atom stereocenters. The Morgan fingerprint density at radius 3 is 2.93 bits per heavy atom. The molecule has 0 amide bonds. The molecule has 72 valence electrons. The second-order valence-corrected chi connectivity index (χ2v) is 2.98. The van der Waals surface area contributed by atoms with E-state index in [0.717, 1.165) is 23.0 Å². The van der Waals surface area contributed by atoms with Crippen molar-refractivity contribution in [1.82, 2.24) is 0 Å². The van der Waals surface area contributed by atoms with Gasteiger partial charge in [-0.15, -0.1) is 0 Å². The van der Waals surface area contributed by atoms with Crippen molar-refractivity contribution in [3.63, 3.8) is 0 Å². The average Bonchev–Trinajstić information content (AvgIpc) is 2.21. The highest BCUT2D eigenvalue weighted by Crippen LogP contribution is 2.09. The number of carbonyl (C=O) groups excluding carboxylic acids is 1. The number of hydrogen-bond donors (Lipinski definition) is 1. The Morgan fingerprint density at radius 1 is 1.50 bits per heavy atom. The maximum atomic E-state index is 10.1. The van der Waals surface area contributed by atoms with Crippen LogP contribution in [-0.2, 0) is 11.4 Å². The van der Waals surface area contributed by atoms with E-state index in [-0.39, 0.29) is 13.0 Å². The van der Waals surface area contributed by atoms with E-state index in [2.05, 4.69) is 11.8 Å². The van der Waals surface area contributed by atoms with Gasteiger partial charge in [0.15, 0.2) is 0 Å². The fourth-order valence-electron chi connectivity index (χ4n) is 1.09. The van der Waals surface area contributed by atoms with Crippen molar-refractivity contribution < 1.29 is 9.90 Å². The van der Waals surface area contributed by atoms with E-state index in [4.69, 9.17) is 5.11 Å². The van der Waals surface area contributed by atoms with Crippen LogP contribution in [0.2, 0.25) is 0 Å². The van der Waals surface area contributed by atoms with Crippen LogP contribution in [0.25, 0.3) is 0 Å². The second kappa shape index (κ2) is 5.21. The summed E-state index contributed by atoms with van der Waals surface area (Å²) in [6, 6.07) is 5.61. The molecule has 0 aromatic heterocycles. The van der Waals surface area contributed by atoms with Crippen LogP contribution in [-0.4, -0.2) is 11.4 Å². The van der Waals surface area contributed by atoms with Gasteiger partial charge in [-0.2, -0.15) is 0 Å². The van der Waals surface area contributed by atoms with Gasteiger partial charge in [-0.3, -0.25) is 0 Å². The van der Waals surface area contributed by atoms with Crippen LogP contribution in [0.5, 0.6) is 0 Å². The first-order valence-corrected chi connectivity index (χ1v) is 4.41. The normalized spacial score (nSPS) is 9.00. The molecule has 0 saturated heterocycles. The van der Waals surface area contributed by atoms with Crippen molar-refractivity contribution in [1.29, 1.82) is 0 Å². The SMILES string of the molecule is Cc1ccc(CO)cc1C#CCC=O. The molecule has 1 aromatic rings. The lowest BCUT2D eigenvalue weighted by atomic mass is 10.1. The number of carbonyl (C=O) groups is 1. The Hall–Kier alpha value is -1.59. The lowest BCUT2D eigenvalue weighted by molar-refractivity contribution is -0.107. The average molecular weight is 188 g/mol. The Balaban J connectivity index is 2.96. The van der Waals surface area contributed by atoms with Crippen molar-refractivity contribution in [2.45, 2.75) is 20.0 Å². The topological polar surface area (TPSA) is 37.3 Å². The van der Waals surface area contributed by atoms with Gasteiger partial charge in [0.1, 0.15) is 6.29 Å². The number of aliphatic hydroxyl groups is 1. The Morgan fingerprint density at radius 2 is 2.29 bits per heavy atom. The lowest BCUT2D eigenvalue weighted by Crippen LogP contribution is -1.88. The van der Waals surface area contributed by atoms with E-state index in [1.165, 1.54) is 0 Å². The molecule has 0 heterocycles. The van der Waals surface area contributed by atoms with Crippen LogP contribution >= 0.6 is 0 Å². The molecular formula is C12H12O2. The van der Waals surface area contributed by atoms with Crippen LogP contribution in [0.15, 0.2) is 18.2 Å². The quantitative estimate of drug-likeness (QED) is 0.563. The molecule has 0 atom stereocenters. The molecule has 1 N–H and O–H groups in total. The zero-order chi connectivity index (χ0) is 10.4. The monoisotopic (exact) mass is 188 g/mol. The molecular weight excluding hydrogens is 176 g/mol. The summed E-state index contributed by atoms with van der Waals surface area (Å²) in [6.45, 7) is 1.97. The summed E-state index contributed by atoms with van der Waals surface area (Å²) in [6.07, 6.45) is 1.03. The molecule has 0 radical (unpaired) electrons. The largest absolute Gasteiger partial charge is 0.392 e. The van der Waals surface area contributed by atoms with Crippen LogP contribution in [0.1, 0.15) is 23.1 Å². The van der Waals surface area contributed by atoms with E-state index in [1.807, 2.05) is 25.1 Å². The molecule has 0 spiro atoms. The van der Waals surface area contributed by atoms with Gasteiger partial charge in [-0.1, -0.05) is 24.0 Å². The fourth-order valence-corrected chi connectivity index (χ4v) is 1.09. The molecule has 0 aliphatic rings. The van der Waals surface area contributed by atoms with Crippen molar-refractivity contribution in [2.24, 2.45) is 0 Å². The fraction of sp³-hybridized carbons (Fsp3) is 0.250. The third-order valence-electron chi connectivity index (χ3n) is 1.89. The van der Waals surface area contributed by atoms with E-state index in [9.17, 15) is 4.79 Å². The predicted octanol–water partition coefficient (Wildman–Crippen LogP) is 1.43. The summed E-state index contributed by atoms with van der Waals surface area (Å²) in [5, 5.41) is 8.92. The van der Waals surface area contributed by atoms with Gasteiger partial charge in [0, 0.05) is 5.56 Å². The minimum atomic E-state index is 0.0165. The summed E-state index contributed by atoms with van der Waals surface area (Å²) in [7, 11) is 0. The molecule has 0 fully saturated rings. The molecule has 0 aliphatic carbocycles. The minimum Gasteiger partial charge on any atom is -0.392 e. The van der Waals surface area contributed by atoms with Crippen LogP contribution in [0.4, 0.5) is 0 Å². The summed E-state index contributed by atoms with van der Waals surface area (Å²) in [5.41, 5.74) is 2.77. The Labute approximate surface area is 83.6 Å². The van der Waals surface area contributed by atoms with Crippen molar-refractivity contribution >= 4 is 6.29 Å². The molecule has 2 nitrogen and oxygen atoms in total. The Kier molecular flexibility index (Phi) is 3.90. The standard InChI is InChI=1S/C12H12O2/c1-10-5-6-11(9-14)8-12(10)4-2-3-7-13/h5-8,14H,3,9H2,1H3. The highest BCUT2D eigenvalue weighted by Gasteiger charge is 1.96. The van der Waals surface area contributed by atoms with E-state index in [1.54, 1.807) is 0 Å². The summed E-state index contributed by atoms with van der Waals surface area (Å²) in [5.74, 6) is 5.64. The number of hydrogen-bond acceptors (Lipinski definition) is 2. The van der Waals surface area contributed by atoms with E-state index >= 15 is 0 Å². The third kappa shape index (κ3) is 2.72. The molecule has 1 aromatic carbocycles. The Bertz CT molecular complexity index is 383. The second-order valence-electron chi connectivity index (χ2n) is 2.98. The van der Waals surface area contributed by atoms with Crippen molar-refractivity contribution in [2.75, 3.05) is 0 Å². The van der Waals surface area contributed by atoms with Crippen molar-refractivity contribution in [3.05, 3.63) is 34.9 Å². The first-order chi connectivity index (χ1) is 6.77. The maximum Gasteiger partial charge on any atom is 0.131 e. The minimum absolute atomic E-state index is 0.0165. The summed E-state index contributed by atoms with van der Waals surface area (Å²) in [4.78, 5) is 10.1. The van der Waals surface area contributed by atoms with Crippen LogP contribution < -0.4 is 0 Å². The first kappa shape index (κ1) is 10.5.